The molecule has 0 aliphatic heterocycles. The van der Waals surface area contributed by atoms with Gasteiger partial charge in [0.25, 0.3) is 5.91 Å². The first-order valence-electron chi connectivity index (χ1n) is 5.92. The van der Waals surface area contributed by atoms with Crippen LogP contribution in [0.2, 0.25) is 0 Å². The number of carbonyl (C=O) groups is 1. The van der Waals surface area contributed by atoms with Crippen molar-refractivity contribution < 1.29 is 19.4 Å². The van der Waals surface area contributed by atoms with Crippen LogP contribution in [0.5, 0.6) is 11.5 Å². The molecule has 1 aromatic rings. The largest absolute Gasteiger partial charge is 0.493 e. The van der Waals surface area contributed by atoms with Gasteiger partial charge in [-0.2, -0.15) is 0 Å². The number of ether oxygens (including phenoxy) is 2. The van der Waals surface area contributed by atoms with Gasteiger partial charge in [-0.3, -0.25) is 4.79 Å². The van der Waals surface area contributed by atoms with Crippen molar-refractivity contribution >= 4 is 5.91 Å². The number of hydrogen-bond donors (Lipinski definition) is 2. The second kappa shape index (κ2) is 7.55. The fourth-order valence-electron chi connectivity index (χ4n) is 1.47. The summed E-state index contributed by atoms with van der Waals surface area (Å²) in [4.78, 5) is 11.8. The van der Waals surface area contributed by atoms with Crippen molar-refractivity contribution in [3.05, 3.63) is 23.8 Å². The lowest BCUT2D eigenvalue weighted by Crippen LogP contribution is -2.25. The Labute approximate surface area is 107 Å². The van der Waals surface area contributed by atoms with Crippen LogP contribution in [0, 0.1) is 0 Å². The first-order valence-corrected chi connectivity index (χ1v) is 5.92. The molecule has 0 aliphatic rings. The highest BCUT2D eigenvalue weighted by molar-refractivity contribution is 5.94. The molecule has 1 amide bonds. The minimum Gasteiger partial charge on any atom is -0.493 e. The van der Waals surface area contributed by atoms with Crippen LogP contribution in [0.4, 0.5) is 0 Å². The van der Waals surface area contributed by atoms with Gasteiger partial charge in [0.2, 0.25) is 0 Å². The van der Waals surface area contributed by atoms with E-state index in [-0.39, 0.29) is 12.5 Å². The van der Waals surface area contributed by atoms with E-state index in [2.05, 4.69) is 5.32 Å². The molecule has 0 saturated carbocycles. The number of benzene rings is 1. The zero-order chi connectivity index (χ0) is 13.4. The zero-order valence-corrected chi connectivity index (χ0v) is 10.7. The Morgan fingerprint density at radius 1 is 1.39 bits per heavy atom. The molecule has 18 heavy (non-hydrogen) atoms. The molecule has 0 heterocycles. The van der Waals surface area contributed by atoms with Crippen LogP contribution in [0.25, 0.3) is 0 Å². The molecule has 0 spiro atoms. The van der Waals surface area contributed by atoms with Crippen molar-refractivity contribution in [1.29, 1.82) is 0 Å². The zero-order valence-electron chi connectivity index (χ0n) is 10.7. The fraction of sp³-hybridized carbons (Fsp3) is 0.462. The molecule has 0 aliphatic carbocycles. The van der Waals surface area contributed by atoms with E-state index < -0.39 is 0 Å². The van der Waals surface area contributed by atoms with Crippen molar-refractivity contribution in [2.24, 2.45) is 0 Å². The minimum absolute atomic E-state index is 0.0624. The highest BCUT2D eigenvalue weighted by atomic mass is 16.5. The predicted octanol–water partition coefficient (Wildman–Crippen LogP) is 1.21. The first kappa shape index (κ1) is 14.3. The quantitative estimate of drug-likeness (QED) is 0.717. The smallest absolute Gasteiger partial charge is 0.251 e. The molecule has 1 aromatic carbocycles. The maximum atomic E-state index is 11.8. The first-order chi connectivity index (χ1) is 8.72. The summed E-state index contributed by atoms with van der Waals surface area (Å²) >= 11 is 0. The summed E-state index contributed by atoms with van der Waals surface area (Å²) in [5, 5.41) is 11.3. The minimum atomic E-state index is -0.190. The van der Waals surface area contributed by atoms with E-state index in [1.54, 1.807) is 18.2 Å². The maximum Gasteiger partial charge on any atom is 0.251 e. The fourth-order valence-corrected chi connectivity index (χ4v) is 1.47. The number of carbonyl (C=O) groups excluding carboxylic acids is 1. The number of amides is 1. The number of hydrogen-bond acceptors (Lipinski definition) is 4. The van der Waals surface area contributed by atoms with Crippen LogP contribution in [-0.2, 0) is 0 Å². The van der Waals surface area contributed by atoms with Gasteiger partial charge in [0, 0.05) is 18.7 Å². The predicted molar refractivity (Wildman–Crippen MR) is 68.2 cm³/mol. The average Bonchev–Trinajstić information content (AvgIpc) is 2.39. The molecule has 0 saturated heterocycles. The van der Waals surface area contributed by atoms with Gasteiger partial charge >= 0.3 is 0 Å². The number of aliphatic hydroxyl groups is 1. The van der Waals surface area contributed by atoms with E-state index in [9.17, 15) is 4.79 Å². The van der Waals surface area contributed by atoms with Crippen LogP contribution in [0.15, 0.2) is 18.2 Å². The molecule has 5 nitrogen and oxygen atoms in total. The monoisotopic (exact) mass is 253 g/mol. The summed E-state index contributed by atoms with van der Waals surface area (Å²) in [6.45, 7) is 2.94. The summed E-state index contributed by atoms with van der Waals surface area (Å²) in [7, 11) is 1.53. The average molecular weight is 253 g/mol. The molecule has 0 atom stereocenters. The molecule has 100 valence electrons. The Hall–Kier alpha value is -1.75. The van der Waals surface area contributed by atoms with E-state index in [0.29, 0.717) is 36.6 Å². The summed E-state index contributed by atoms with van der Waals surface area (Å²) in [5.74, 6) is 0.961. The molecule has 0 bridgehead atoms. The van der Waals surface area contributed by atoms with Crippen molar-refractivity contribution in [1.82, 2.24) is 5.32 Å². The third-order valence-electron chi connectivity index (χ3n) is 2.35. The number of aliphatic hydroxyl groups excluding tert-OH is 1. The molecule has 2 N–H and O–H groups in total. The summed E-state index contributed by atoms with van der Waals surface area (Å²) in [5.41, 5.74) is 0.508. The number of nitrogens with one attached hydrogen (secondary N) is 1. The molecule has 0 radical (unpaired) electrons. The Balaban J connectivity index is 2.74. The molecular formula is C13H19NO4. The second-order valence-corrected chi connectivity index (χ2v) is 3.63. The van der Waals surface area contributed by atoms with Crippen LogP contribution in [0.1, 0.15) is 23.7 Å². The third kappa shape index (κ3) is 3.92. The molecular weight excluding hydrogens is 234 g/mol. The lowest BCUT2D eigenvalue weighted by Gasteiger charge is -2.11. The van der Waals surface area contributed by atoms with E-state index in [4.69, 9.17) is 14.6 Å². The van der Waals surface area contributed by atoms with E-state index in [1.807, 2.05) is 6.92 Å². The summed E-state index contributed by atoms with van der Waals surface area (Å²) in [6.07, 6.45) is 0.542. The normalized spacial score (nSPS) is 9.94. The van der Waals surface area contributed by atoms with Crippen LogP contribution in [-0.4, -0.2) is 37.9 Å². The standard InChI is InChI=1S/C13H19NO4/c1-3-18-11-6-5-10(9-12(11)17-2)13(16)14-7-4-8-15/h5-6,9,15H,3-4,7-8H2,1-2H3,(H,14,16). The Morgan fingerprint density at radius 2 is 2.17 bits per heavy atom. The lowest BCUT2D eigenvalue weighted by atomic mass is 10.2. The van der Waals surface area contributed by atoms with Gasteiger partial charge in [-0.15, -0.1) is 0 Å². The number of methoxy groups -OCH3 is 1. The summed E-state index contributed by atoms with van der Waals surface area (Å²) in [6, 6.07) is 5.03. The van der Waals surface area contributed by atoms with E-state index in [1.165, 1.54) is 7.11 Å². The highest BCUT2D eigenvalue weighted by Gasteiger charge is 2.10. The van der Waals surface area contributed by atoms with Crippen LogP contribution in [0.3, 0.4) is 0 Å². The Morgan fingerprint density at radius 3 is 2.78 bits per heavy atom. The topological polar surface area (TPSA) is 67.8 Å². The van der Waals surface area contributed by atoms with Crippen molar-refractivity contribution in [3.8, 4) is 11.5 Å². The summed E-state index contributed by atoms with van der Waals surface area (Å²) < 4.78 is 10.5. The van der Waals surface area contributed by atoms with Gasteiger partial charge in [0.1, 0.15) is 0 Å². The Kier molecular flexibility index (Phi) is 6.00. The van der Waals surface area contributed by atoms with Crippen LogP contribution >= 0.6 is 0 Å². The van der Waals surface area contributed by atoms with Crippen molar-refractivity contribution in [3.63, 3.8) is 0 Å². The molecule has 1 rings (SSSR count). The van der Waals surface area contributed by atoms with Gasteiger partial charge in [-0.25, -0.2) is 0 Å². The van der Waals surface area contributed by atoms with Gasteiger partial charge in [-0.1, -0.05) is 0 Å². The van der Waals surface area contributed by atoms with E-state index in [0.717, 1.165) is 0 Å². The van der Waals surface area contributed by atoms with Gasteiger partial charge in [0.05, 0.1) is 13.7 Å². The third-order valence-corrected chi connectivity index (χ3v) is 2.35. The lowest BCUT2D eigenvalue weighted by molar-refractivity contribution is 0.0950. The second-order valence-electron chi connectivity index (χ2n) is 3.63. The molecule has 0 unspecified atom stereocenters. The molecule has 0 aromatic heterocycles. The SMILES string of the molecule is CCOc1ccc(C(=O)NCCCO)cc1OC. The van der Waals surface area contributed by atoms with Gasteiger partial charge in [-0.05, 0) is 31.5 Å². The molecule has 0 fully saturated rings. The number of rotatable bonds is 7. The van der Waals surface area contributed by atoms with Gasteiger partial charge in [0.15, 0.2) is 11.5 Å². The maximum absolute atomic E-state index is 11.8. The van der Waals surface area contributed by atoms with E-state index >= 15 is 0 Å². The van der Waals surface area contributed by atoms with Gasteiger partial charge < -0.3 is 19.9 Å². The van der Waals surface area contributed by atoms with Crippen LogP contribution < -0.4 is 14.8 Å². The highest BCUT2D eigenvalue weighted by Crippen LogP contribution is 2.27. The van der Waals surface area contributed by atoms with Crippen molar-refractivity contribution in [2.75, 3.05) is 26.9 Å². The molecule has 5 heteroatoms. The van der Waals surface area contributed by atoms with Crippen molar-refractivity contribution in [2.45, 2.75) is 13.3 Å². The Bertz CT molecular complexity index is 393.